The largest absolute Gasteiger partial charge is 0.496 e. The van der Waals surface area contributed by atoms with Crippen molar-refractivity contribution >= 4 is 44.7 Å². The van der Waals surface area contributed by atoms with Gasteiger partial charge in [-0.1, -0.05) is 25.1 Å². The zero-order chi connectivity index (χ0) is 14.8. The normalized spacial score (nSPS) is 16.7. The third-order valence-electron chi connectivity index (χ3n) is 3.77. The first-order chi connectivity index (χ1) is 9.49. The number of carbonyl (C=O) groups excluding carboxylic acids is 1. The predicted octanol–water partition coefficient (Wildman–Crippen LogP) is 3.24. The van der Waals surface area contributed by atoms with Crippen molar-refractivity contribution in [1.82, 2.24) is 0 Å². The van der Waals surface area contributed by atoms with Gasteiger partial charge in [0.05, 0.1) is 22.0 Å². The molecular formula is C14H17BrN2O2S. The van der Waals surface area contributed by atoms with Crippen LogP contribution in [0.2, 0.25) is 0 Å². The minimum Gasteiger partial charge on any atom is -0.496 e. The van der Waals surface area contributed by atoms with Gasteiger partial charge in [-0.15, -0.1) is 0 Å². The summed E-state index contributed by atoms with van der Waals surface area (Å²) in [6.45, 7) is 0. The Bertz CT molecular complexity index is 542. The lowest BCUT2D eigenvalue weighted by molar-refractivity contribution is -0.122. The van der Waals surface area contributed by atoms with Crippen molar-refractivity contribution in [1.29, 1.82) is 0 Å². The Morgan fingerprint density at radius 1 is 1.45 bits per heavy atom. The van der Waals surface area contributed by atoms with Gasteiger partial charge in [-0.05, 0) is 47.0 Å². The molecule has 108 valence electrons. The minimum atomic E-state index is -0.693. The number of rotatable bonds is 4. The number of ether oxygens (including phenoxy) is 1. The van der Waals surface area contributed by atoms with Crippen molar-refractivity contribution in [3.8, 4) is 5.75 Å². The summed E-state index contributed by atoms with van der Waals surface area (Å²) in [4.78, 5) is 12.8. The number of hydrogen-bond acceptors (Lipinski definition) is 3. The lowest BCUT2D eigenvalue weighted by Gasteiger charge is -2.26. The van der Waals surface area contributed by atoms with Crippen LogP contribution in [0.1, 0.15) is 25.7 Å². The highest BCUT2D eigenvalue weighted by molar-refractivity contribution is 9.10. The van der Waals surface area contributed by atoms with E-state index >= 15 is 0 Å². The summed E-state index contributed by atoms with van der Waals surface area (Å²) in [6, 6.07) is 5.39. The third-order valence-corrected chi connectivity index (χ3v) is 4.78. The molecule has 0 atom stereocenters. The lowest BCUT2D eigenvalue weighted by Crippen LogP contribution is -2.43. The number of anilines is 1. The van der Waals surface area contributed by atoms with Gasteiger partial charge in [0.2, 0.25) is 5.91 Å². The van der Waals surface area contributed by atoms with Gasteiger partial charge in [-0.2, -0.15) is 0 Å². The molecule has 2 rings (SSSR count). The molecule has 6 heteroatoms. The van der Waals surface area contributed by atoms with E-state index in [4.69, 9.17) is 22.7 Å². The highest BCUT2D eigenvalue weighted by Crippen LogP contribution is 2.40. The number of thiocarbonyl (C=S) groups is 1. The Balaban J connectivity index is 2.19. The van der Waals surface area contributed by atoms with E-state index in [1.165, 1.54) is 0 Å². The zero-order valence-corrected chi connectivity index (χ0v) is 13.6. The SMILES string of the molecule is COc1ccc(NC(=O)C2(C(N)=S)CCCC2)cc1Br. The summed E-state index contributed by atoms with van der Waals surface area (Å²) in [6.07, 6.45) is 3.42. The molecule has 4 nitrogen and oxygen atoms in total. The van der Waals surface area contributed by atoms with Gasteiger partial charge in [0.25, 0.3) is 0 Å². The Hall–Kier alpha value is -1.14. The van der Waals surface area contributed by atoms with Crippen molar-refractivity contribution in [3.63, 3.8) is 0 Å². The van der Waals surface area contributed by atoms with Crippen molar-refractivity contribution in [2.45, 2.75) is 25.7 Å². The molecule has 1 fully saturated rings. The van der Waals surface area contributed by atoms with Gasteiger partial charge in [0.1, 0.15) is 5.75 Å². The fraction of sp³-hybridized carbons (Fsp3) is 0.429. The van der Waals surface area contributed by atoms with E-state index in [0.717, 1.165) is 30.2 Å². The first-order valence-corrected chi connectivity index (χ1v) is 7.64. The van der Waals surface area contributed by atoms with E-state index in [2.05, 4.69) is 21.2 Å². The number of halogens is 1. The maximum Gasteiger partial charge on any atom is 0.237 e. The van der Waals surface area contributed by atoms with Gasteiger partial charge in [0, 0.05) is 5.69 Å². The van der Waals surface area contributed by atoms with Crippen LogP contribution in [0.25, 0.3) is 0 Å². The molecule has 0 aliphatic heterocycles. The quantitative estimate of drug-likeness (QED) is 0.812. The Kier molecular flexibility index (Phi) is 4.65. The molecule has 1 aliphatic carbocycles. The summed E-state index contributed by atoms with van der Waals surface area (Å²) in [5.74, 6) is 0.604. The number of nitrogens with one attached hydrogen (secondary N) is 1. The molecule has 0 bridgehead atoms. The number of benzene rings is 1. The molecule has 0 saturated heterocycles. The molecule has 0 heterocycles. The van der Waals surface area contributed by atoms with Crippen LogP contribution in [-0.4, -0.2) is 18.0 Å². The van der Waals surface area contributed by atoms with Gasteiger partial charge in [-0.3, -0.25) is 4.79 Å². The molecule has 0 radical (unpaired) electrons. The first-order valence-electron chi connectivity index (χ1n) is 6.44. The van der Waals surface area contributed by atoms with Crippen LogP contribution in [-0.2, 0) is 4.79 Å². The van der Waals surface area contributed by atoms with E-state index in [9.17, 15) is 4.79 Å². The molecular weight excluding hydrogens is 340 g/mol. The second-order valence-electron chi connectivity index (χ2n) is 4.96. The molecule has 1 saturated carbocycles. The molecule has 0 aromatic heterocycles. The third kappa shape index (κ3) is 2.81. The van der Waals surface area contributed by atoms with Gasteiger partial charge >= 0.3 is 0 Å². The fourth-order valence-electron chi connectivity index (χ4n) is 2.56. The monoisotopic (exact) mass is 356 g/mol. The smallest absolute Gasteiger partial charge is 0.237 e. The Labute approximate surface area is 132 Å². The molecule has 20 heavy (non-hydrogen) atoms. The van der Waals surface area contributed by atoms with E-state index < -0.39 is 5.41 Å². The van der Waals surface area contributed by atoms with Gasteiger partial charge in [0.15, 0.2) is 0 Å². The summed E-state index contributed by atoms with van der Waals surface area (Å²) in [7, 11) is 1.60. The topological polar surface area (TPSA) is 64.3 Å². The van der Waals surface area contributed by atoms with Crippen LogP contribution >= 0.6 is 28.1 Å². The molecule has 0 unspecified atom stereocenters. The van der Waals surface area contributed by atoms with Crippen molar-refractivity contribution < 1.29 is 9.53 Å². The van der Waals surface area contributed by atoms with E-state index in [0.29, 0.717) is 16.4 Å². The Morgan fingerprint density at radius 2 is 2.10 bits per heavy atom. The van der Waals surface area contributed by atoms with Gasteiger partial charge < -0.3 is 15.8 Å². The van der Waals surface area contributed by atoms with E-state index in [1.807, 2.05) is 0 Å². The molecule has 1 aromatic rings. The van der Waals surface area contributed by atoms with Crippen LogP contribution in [0.3, 0.4) is 0 Å². The van der Waals surface area contributed by atoms with Crippen molar-refractivity contribution in [3.05, 3.63) is 22.7 Å². The Morgan fingerprint density at radius 3 is 2.60 bits per heavy atom. The van der Waals surface area contributed by atoms with Crippen LogP contribution in [0.4, 0.5) is 5.69 Å². The average molecular weight is 357 g/mol. The van der Waals surface area contributed by atoms with Crippen LogP contribution in [0.15, 0.2) is 22.7 Å². The van der Waals surface area contributed by atoms with E-state index in [1.54, 1.807) is 25.3 Å². The summed E-state index contributed by atoms with van der Waals surface area (Å²) in [5.41, 5.74) is 5.81. The average Bonchev–Trinajstić information content (AvgIpc) is 2.89. The number of nitrogens with two attached hydrogens (primary N) is 1. The molecule has 1 amide bonds. The number of hydrogen-bond donors (Lipinski definition) is 2. The highest BCUT2D eigenvalue weighted by Gasteiger charge is 2.43. The molecule has 0 spiro atoms. The number of methoxy groups -OCH3 is 1. The maximum atomic E-state index is 12.5. The second-order valence-corrected chi connectivity index (χ2v) is 6.25. The second kappa shape index (κ2) is 6.10. The molecule has 1 aromatic carbocycles. The first kappa shape index (κ1) is 15.3. The van der Waals surface area contributed by atoms with Crippen molar-refractivity contribution in [2.75, 3.05) is 12.4 Å². The minimum absolute atomic E-state index is 0.112. The van der Waals surface area contributed by atoms with Crippen LogP contribution in [0.5, 0.6) is 5.75 Å². The van der Waals surface area contributed by atoms with Crippen LogP contribution in [0, 0.1) is 5.41 Å². The zero-order valence-electron chi connectivity index (χ0n) is 11.2. The van der Waals surface area contributed by atoms with Crippen molar-refractivity contribution in [2.24, 2.45) is 11.1 Å². The fourth-order valence-corrected chi connectivity index (χ4v) is 3.40. The molecule has 1 aliphatic rings. The summed E-state index contributed by atoms with van der Waals surface area (Å²) >= 11 is 8.51. The maximum absolute atomic E-state index is 12.5. The summed E-state index contributed by atoms with van der Waals surface area (Å²) < 4.78 is 5.95. The number of carbonyl (C=O) groups is 1. The highest BCUT2D eigenvalue weighted by atomic mass is 79.9. The summed E-state index contributed by atoms with van der Waals surface area (Å²) in [5, 5.41) is 2.91. The van der Waals surface area contributed by atoms with E-state index in [-0.39, 0.29) is 5.91 Å². The number of amides is 1. The predicted molar refractivity (Wildman–Crippen MR) is 87.0 cm³/mol. The van der Waals surface area contributed by atoms with Crippen LogP contribution < -0.4 is 15.8 Å². The standard InChI is InChI=1S/C14H17BrN2O2S/c1-19-11-5-4-9(8-10(11)15)17-13(18)14(12(16)20)6-2-3-7-14/h4-5,8H,2-3,6-7H2,1H3,(H2,16,20)(H,17,18). The van der Waals surface area contributed by atoms with Gasteiger partial charge in [-0.25, -0.2) is 0 Å². The lowest BCUT2D eigenvalue weighted by atomic mass is 9.85. The molecule has 3 N–H and O–H groups in total.